The van der Waals surface area contributed by atoms with E-state index in [9.17, 15) is 82.5 Å². The average Bonchev–Trinajstić information content (AvgIpc) is 0.779. The number of anilines is 1. The fourth-order valence-electron chi connectivity index (χ4n) is 11.0. The Labute approximate surface area is 679 Å². The first-order valence-corrected chi connectivity index (χ1v) is 35.7. The maximum Gasteiger partial charge on any atom is 0.355 e. The summed E-state index contributed by atoms with van der Waals surface area (Å²) in [6.45, 7) is -1.66. The molecule has 14 aromatic rings. The van der Waals surface area contributed by atoms with E-state index in [1.54, 1.807) is 97.1 Å². The minimum atomic E-state index is -4.12. The van der Waals surface area contributed by atoms with Crippen LogP contribution in [0, 0.1) is 0 Å². The van der Waals surface area contributed by atoms with Crippen molar-refractivity contribution in [3.8, 4) is 34.4 Å². The second kappa shape index (κ2) is 38.6. The molecule has 8 heterocycles. The molecule has 0 aliphatic carbocycles. The Morgan fingerprint density at radius 3 is 1.22 bits per heavy atom. The fourth-order valence-corrected chi connectivity index (χ4v) is 12.3. The van der Waals surface area contributed by atoms with E-state index >= 15 is 0 Å². The van der Waals surface area contributed by atoms with Gasteiger partial charge in [-0.05, 0) is 146 Å². The van der Waals surface area contributed by atoms with Crippen LogP contribution in [-0.4, -0.2) is 175 Å². The number of carboxylic acid groups (broad SMARTS) is 8. The third-order valence-electron chi connectivity index (χ3n) is 16.4. The summed E-state index contributed by atoms with van der Waals surface area (Å²) in [5, 5.41) is 148. The van der Waals surface area contributed by atoms with Crippen molar-refractivity contribution in [2.45, 2.75) is 18.9 Å². The van der Waals surface area contributed by atoms with Crippen molar-refractivity contribution in [3.63, 3.8) is 0 Å². The number of hydrogen-bond acceptors (Lipinski definition) is 31. The average molecular weight is 1660 g/mol. The molecule has 0 saturated carbocycles. The lowest BCUT2D eigenvalue weighted by atomic mass is 10.1. The van der Waals surface area contributed by atoms with Gasteiger partial charge in [0.25, 0.3) is 10.0 Å². The summed E-state index contributed by atoms with van der Waals surface area (Å²) < 4.78 is 28.8. The van der Waals surface area contributed by atoms with Crippen molar-refractivity contribution in [1.82, 2.24) is 44.8 Å². The van der Waals surface area contributed by atoms with Gasteiger partial charge in [-0.25, -0.2) is 72.1 Å². The van der Waals surface area contributed by atoms with E-state index in [2.05, 4.69) is 85.5 Å². The fraction of sp³-hybridized carbons (Fsp3) is 0.0500. The number of rotatable bonds is 24. The third-order valence-corrected chi connectivity index (χ3v) is 17.8. The molecule has 0 aliphatic heterocycles. The number of phenolic OH excluding ortho intramolecular Hbond substituents is 4. The summed E-state index contributed by atoms with van der Waals surface area (Å²) in [6, 6.07) is 47.6. The second-order valence-electron chi connectivity index (χ2n) is 24.5. The van der Waals surface area contributed by atoms with E-state index in [-0.39, 0.29) is 153 Å². The minimum absolute atomic E-state index is 0. The number of sulfonamides is 1. The molecule has 0 fully saturated rings. The number of aliphatic carboxylic acids is 2. The lowest BCUT2D eigenvalue weighted by Crippen LogP contribution is -2.34. The highest BCUT2D eigenvalue weighted by molar-refractivity contribution is 7.93. The van der Waals surface area contributed by atoms with Gasteiger partial charge in [-0.3, -0.25) is 24.2 Å². The normalized spacial score (nSPS) is 11.2. The molecule has 14 rings (SSSR count). The van der Waals surface area contributed by atoms with E-state index in [1.807, 2.05) is 0 Å². The van der Waals surface area contributed by atoms with Crippen LogP contribution in [0.25, 0.3) is 54.9 Å². The van der Waals surface area contributed by atoms with Crippen molar-refractivity contribution < 1.29 is 108 Å². The molecule has 41 heteroatoms. The molecule has 0 bridgehead atoms. The summed E-state index contributed by atoms with van der Waals surface area (Å²) >= 11 is 0. The number of carboxylic acids is 8. The number of nitrogens with one attached hydrogen (secondary N) is 1. The van der Waals surface area contributed by atoms with Gasteiger partial charge >= 0.3 is 47.8 Å². The maximum atomic E-state index is 13.2. The Hall–Kier alpha value is -17.4. The molecule has 0 atom stereocenters. The van der Waals surface area contributed by atoms with Crippen molar-refractivity contribution >= 4 is 153 Å². The number of aromatic carboxylic acids is 6. The lowest BCUT2D eigenvalue weighted by molar-refractivity contribution is -0.142. The number of nitrogens with zero attached hydrogens (tertiary/aromatic N) is 17. The lowest BCUT2D eigenvalue weighted by Gasteiger charge is -2.19. The number of aromatic hydroxyl groups is 4. The first kappa shape index (κ1) is 86.0. The number of aromatic nitrogens is 8. The molecule has 0 radical (unpaired) electrons. The van der Waals surface area contributed by atoms with Crippen LogP contribution in [0.5, 0.6) is 23.0 Å². The molecule has 0 amide bonds. The summed E-state index contributed by atoms with van der Waals surface area (Å²) in [7, 11) is -4.12. The van der Waals surface area contributed by atoms with Crippen LogP contribution in [0.15, 0.2) is 271 Å². The molecule has 121 heavy (non-hydrogen) atoms. The Bertz CT molecular complexity index is 6570. The first-order chi connectivity index (χ1) is 57.5. The summed E-state index contributed by atoms with van der Waals surface area (Å²) in [4.78, 5) is 124. The largest absolute Gasteiger partial charge is 0.507 e. The van der Waals surface area contributed by atoms with Gasteiger partial charge < -0.3 is 61.3 Å². The number of azo groups is 4. The van der Waals surface area contributed by atoms with Crippen LogP contribution in [0.1, 0.15) is 75.4 Å². The zero-order chi connectivity index (χ0) is 85.9. The SMILES string of the molecule is C.O=C(O)CN(CC(=O)O)Cc1nc2c(N=Nc3ccccn3)ccc(O)c2cc1C(=O)O.O=C(O)c1cc2c(O)ccc(N=Nc3ccccn3)c2nc1C(=O)O.O=C(O)c1ccc(N=Nc2ccc(O)c3cc(C(=O)O)c(-c4ccccn4)nc23)nc1.O=C(O)c1ccc(NS(=O)(=O)c2cc(N=Nc3ccccn3)c(O)c3ccccc23)cc1. The molecule has 608 valence electrons. The van der Waals surface area contributed by atoms with Crippen molar-refractivity contribution in [1.29, 1.82) is 0 Å². The Kier molecular flexibility index (Phi) is 27.5. The highest BCUT2D eigenvalue weighted by atomic mass is 32.2. The zero-order valence-corrected chi connectivity index (χ0v) is 61.8. The molecule has 40 nitrogen and oxygen atoms in total. The van der Waals surface area contributed by atoms with Gasteiger partial charge in [0.15, 0.2) is 34.7 Å². The van der Waals surface area contributed by atoms with E-state index in [0.29, 0.717) is 23.1 Å². The van der Waals surface area contributed by atoms with Crippen molar-refractivity contribution in [3.05, 3.63) is 264 Å². The predicted octanol–water partition coefficient (Wildman–Crippen LogP) is 15.3. The molecular weight excluding hydrogens is 1600 g/mol. The third kappa shape index (κ3) is 21.5. The van der Waals surface area contributed by atoms with Gasteiger partial charge in [-0.15, -0.1) is 40.9 Å². The van der Waals surface area contributed by atoms with E-state index < -0.39 is 82.1 Å². The topological polar surface area (TPSA) is 631 Å². The number of hydrogen-bond donors (Lipinski definition) is 13. The van der Waals surface area contributed by atoms with Crippen LogP contribution in [0.3, 0.4) is 0 Å². The van der Waals surface area contributed by atoms with Gasteiger partial charge in [-0.2, -0.15) is 0 Å². The first-order valence-electron chi connectivity index (χ1n) is 34.2. The molecule has 0 unspecified atom stereocenters. The van der Waals surface area contributed by atoms with Gasteiger partial charge in [0.1, 0.15) is 62.2 Å². The monoisotopic (exact) mass is 1660 g/mol. The molecule has 0 spiro atoms. The zero-order valence-electron chi connectivity index (χ0n) is 60.9. The van der Waals surface area contributed by atoms with E-state index in [1.165, 1.54) is 116 Å². The van der Waals surface area contributed by atoms with E-state index in [0.717, 1.165) is 17.2 Å². The summed E-state index contributed by atoms with van der Waals surface area (Å²) in [6.07, 6.45) is 7.26. The number of carbonyl (C=O) groups is 8. The highest BCUT2D eigenvalue weighted by Crippen LogP contribution is 2.42. The van der Waals surface area contributed by atoms with Crippen LogP contribution in [0.2, 0.25) is 0 Å². The molecule has 13 N–H and O–H groups in total. The van der Waals surface area contributed by atoms with Crippen molar-refractivity contribution in [2.75, 3.05) is 17.8 Å². The quantitative estimate of drug-likeness (QED) is 0.0250. The van der Waals surface area contributed by atoms with Gasteiger partial charge in [0, 0.05) is 70.1 Å². The number of benzene rings is 6. The Morgan fingerprint density at radius 2 is 0.793 bits per heavy atom. The number of fused-ring (bicyclic) bond motifs is 4. The van der Waals surface area contributed by atoms with Gasteiger partial charge in [-0.1, -0.05) is 56.0 Å². The van der Waals surface area contributed by atoms with Gasteiger partial charge in [0.2, 0.25) is 0 Å². The summed E-state index contributed by atoms with van der Waals surface area (Å²) in [5.74, 6) is -10.2. The van der Waals surface area contributed by atoms with Crippen LogP contribution in [-0.2, 0) is 26.2 Å². The predicted molar refractivity (Wildman–Crippen MR) is 429 cm³/mol. The standard InChI is InChI=1S/C22H16N4O5S.C21H13N5O5.C20H17N5O7.C16H10N4O5.CH4/c27-21-17-6-2-1-5-16(17)19(13-18(21)24-25-20-7-3-4-12-23-20)32(30,31)26-15-10-8-14(9-11-15)22(28)29;27-16-6-5-15(25-26-17-7-4-11(10-23-17)20(28)29)18-12(16)9-13(21(30)31)19(24-18)14-3-1-2-8-22-14;26-15-5-4-13(23-24-16-3-1-2-6-21-16)19-12(15)7-11(20(31)32)14(22-19)8-25(9-17(27)28)10-18(29)30;21-11-5-4-10(19-20-12-3-1-2-6-17-12)13-8(11)7-9(15(22)23)14(18-13)16(24)25;/h1-13,26-27H,(H,28,29);1-10,27H,(H,28,29)(H,30,31);1-7,26H,8-10H2,(H,27,28)(H,29,30)(H,31,32);1-7,21H,(H,22,23)(H,24,25);1H4. The highest BCUT2D eigenvalue weighted by Gasteiger charge is 2.27. The van der Waals surface area contributed by atoms with Crippen molar-refractivity contribution in [2.24, 2.45) is 40.9 Å². The van der Waals surface area contributed by atoms with E-state index in [4.69, 9.17) is 25.5 Å². The molecular formula is C80H60N18O22S. The Morgan fingerprint density at radius 1 is 0.372 bits per heavy atom. The molecule has 8 aromatic heterocycles. The molecule has 0 saturated heterocycles. The van der Waals surface area contributed by atoms with Crippen LogP contribution in [0.4, 0.5) is 51.7 Å². The minimum Gasteiger partial charge on any atom is -0.507 e. The molecule has 0 aliphatic rings. The number of pyridine rings is 8. The smallest absolute Gasteiger partial charge is 0.355 e. The van der Waals surface area contributed by atoms with Gasteiger partial charge in [0.05, 0.1) is 57.2 Å². The number of phenols is 4. The maximum absolute atomic E-state index is 13.2. The Balaban J connectivity index is 0.000000170. The molecule has 6 aromatic carbocycles. The van der Waals surface area contributed by atoms with Crippen LogP contribution < -0.4 is 4.72 Å². The summed E-state index contributed by atoms with van der Waals surface area (Å²) in [5.41, 5.74) is -0.111. The van der Waals surface area contributed by atoms with Crippen LogP contribution >= 0.6 is 0 Å². The second-order valence-corrected chi connectivity index (χ2v) is 26.1.